The summed E-state index contributed by atoms with van der Waals surface area (Å²) in [5.41, 5.74) is 36.3. The Labute approximate surface area is 801 Å². The number of amides is 5. The van der Waals surface area contributed by atoms with Crippen molar-refractivity contribution < 1.29 is 43.5 Å². The summed E-state index contributed by atoms with van der Waals surface area (Å²) in [6, 6.07) is 87.9. The molecule has 21 rings (SSSR count). The fraction of sp³-hybridized carbons (Fsp3) is 0.154. The number of nitrogens with one attached hydrogen (secondary N) is 5. The average molecular weight is 1830 g/mol. The van der Waals surface area contributed by atoms with Gasteiger partial charge in [0.1, 0.15) is 12.1 Å². The molecule has 2 saturated heterocycles. The Morgan fingerprint density at radius 2 is 0.618 bits per heavy atom. The minimum atomic E-state index is -1.35. The Morgan fingerprint density at radius 1 is 0.338 bits per heavy atom. The van der Waals surface area contributed by atoms with Crippen molar-refractivity contribution in [2.75, 3.05) is 30.3 Å². The summed E-state index contributed by atoms with van der Waals surface area (Å²) in [5.74, 6) is -2.50. The first-order chi connectivity index (χ1) is 65.7. The van der Waals surface area contributed by atoms with Gasteiger partial charge in [-0.2, -0.15) is 0 Å². The van der Waals surface area contributed by atoms with Crippen molar-refractivity contribution in [3.63, 3.8) is 0 Å². The van der Waals surface area contributed by atoms with Crippen LogP contribution in [-0.2, 0) is 38.7 Å². The molecule has 0 saturated carbocycles. The fourth-order valence-corrected chi connectivity index (χ4v) is 19.3. The normalized spacial score (nSPS) is 14.1. The van der Waals surface area contributed by atoms with E-state index >= 15 is 0 Å². The smallest absolute Gasteiger partial charge is 0.657 e. The number of carbonyl (C=O) groups is 5. The van der Waals surface area contributed by atoms with Crippen LogP contribution in [0.25, 0.3) is 182 Å². The van der Waals surface area contributed by atoms with Gasteiger partial charge in [-0.1, -0.05) is 245 Å². The fourth-order valence-electron chi connectivity index (χ4n) is 19.3. The third-order valence-corrected chi connectivity index (χ3v) is 26.6. The molecule has 5 N–H and O–H groups in total. The zero-order chi connectivity index (χ0) is 92.2. The van der Waals surface area contributed by atoms with E-state index < -0.39 is 42.1 Å². The van der Waals surface area contributed by atoms with Gasteiger partial charge in [-0.05, 0) is 250 Å². The topological polar surface area (TPSA) is 239 Å². The number of fused-ring (bicyclic) bond motifs is 16. The van der Waals surface area contributed by atoms with E-state index in [0.717, 1.165) is 201 Å². The van der Waals surface area contributed by atoms with Gasteiger partial charge in [-0.3, -0.25) is 24.0 Å². The summed E-state index contributed by atoms with van der Waals surface area (Å²) < 4.78 is 0. The molecule has 16 bridgehead atoms. The van der Waals surface area contributed by atoms with Crippen LogP contribution in [-0.4, -0.2) is 101 Å². The number of rotatable bonds is 17. The molecule has 662 valence electrons. The first-order valence-corrected chi connectivity index (χ1v) is 46.2. The summed E-state index contributed by atoms with van der Waals surface area (Å²) in [5, 5.41) is 8.94. The second-order valence-electron chi connectivity index (χ2n) is 36.1. The number of nitrogens with zero attached hydrogens (tertiary/aromatic N) is 8. The SMILES string of the molecule is Cc1ccc(NC(=O)[C@H](CC(=O)Nc2ccc(-c3c4nc(c(-c5ccc(C)cc5)c5ccc([nH]5)c(-c5ccc(C)cc5)c5nc(c(-c6ccc(C)cc6)c6ccc3[nH]6)C=C5)C=C4)cc2)NC(=O)[C@H]2CCCN2C(=O)C2CCN(C(=O)c3ccc(-c4c5nc(c(-c6ccc(C)cc6)c6ccc([n-]6)c(-c6ccc(C)cc6)c6nc(c(-c7ccc(C)cc7)c7ccc4[n-]7)C=C6)C=C5)cc3)CC2)cc1.[Zn+2]. The van der Waals surface area contributed by atoms with Crippen LogP contribution in [0.1, 0.15) is 127 Å². The van der Waals surface area contributed by atoms with Crippen molar-refractivity contribution in [2.24, 2.45) is 5.92 Å². The first-order valence-electron chi connectivity index (χ1n) is 46.2. The number of hydrogen-bond acceptors (Lipinski definition) is 9. The molecule has 0 aliphatic carbocycles. The van der Waals surface area contributed by atoms with Crippen molar-refractivity contribution in [1.82, 2.24) is 55.0 Å². The number of benzene rings is 9. The third-order valence-electron chi connectivity index (χ3n) is 26.6. The van der Waals surface area contributed by atoms with E-state index in [1.54, 1.807) is 21.9 Å². The number of hydrogen-bond donors (Lipinski definition) is 5. The van der Waals surface area contributed by atoms with E-state index in [1.165, 1.54) is 0 Å². The Kier molecular flexibility index (Phi) is 24.2. The molecule has 12 heterocycles. The number of piperidine rings is 1. The molecule has 2 atom stereocenters. The maximum atomic E-state index is 14.9. The monoisotopic (exact) mass is 1830 g/mol. The Morgan fingerprint density at radius 3 is 0.949 bits per heavy atom. The molecule has 0 unspecified atom stereocenters. The zero-order valence-electron chi connectivity index (χ0n) is 76.7. The van der Waals surface area contributed by atoms with Crippen LogP contribution >= 0.6 is 0 Å². The number of carbonyl (C=O) groups excluding carboxylic acids is 5. The molecule has 5 amide bonds. The molecule has 15 aromatic rings. The number of likely N-dealkylation sites (tertiary alicyclic amines) is 2. The van der Waals surface area contributed by atoms with Gasteiger partial charge in [-0.15, -0.1) is 22.1 Å². The van der Waals surface area contributed by atoms with Gasteiger partial charge in [0, 0.05) is 86.8 Å². The van der Waals surface area contributed by atoms with Gasteiger partial charge in [-0.25, -0.2) is 19.9 Å². The first kappa shape index (κ1) is 88.1. The second kappa shape index (κ2) is 37.3. The molecule has 9 aromatic carbocycles. The summed E-state index contributed by atoms with van der Waals surface area (Å²) in [4.78, 5) is 118. The van der Waals surface area contributed by atoms with Gasteiger partial charge < -0.3 is 45.7 Å². The van der Waals surface area contributed by atoms with Crippen LogP contribution in [0.2, 0.25) is 0 Å². The van der Waals surface area contributed by atoms with Crippen molar-refractivity contribution in [1.29, 1.82) is 0 Å². The van der Waals surface area contributed by atoms with Crippen molar-refractivity contribution in [2.45, 2.75) is 92.7 Å². The Balaban J connectivity index is 0.0000114. The molecule has 6 aliphatic rings. The molecule has 6 aliphatic heterocycles. The van der Waals surface area contributed by atoms with E-state index in [1.807, 2.05) is 79.7 Å². The molecule has 136 heavy (non-hydrogen) atoms. The number of H-pyrrole nitrogens is 2. The van der Waals surface area contributed by atoms with Crippen LogP contribution in [0.3, 0.4) is 0 Å². The van der Waals surface area contributed by atoms with Crippen molar-refractivity contribution >= 4 is 134 Å². The number of aryl methyl sites for hydroxylation is 7. The van der Waals surface area contributed by atoms with E-state index in [4.69, 9.17) is 29.9 Å². The largest absolute Gasteiger partial charge is 2.00 e. The zero-order valence-corrected chi connectivity index (χ0v) is 79.7. The molecule has 18 nitrogen and oxygen atoms in total. The van der Waals surface area contributed by atoms with Gasteiger partial charge in [0.05, 0.1) is 52.0 Å². The third kappa shape index (κ3) is 17.8. The molecular formula is C117H97N13O5Zn. The molecular weight excluding hydrogens is 1730 g/mol. The summed E-state index contributed by atoms with van der Waals surface area (Å²) in [6.07, 6.45) is 17.8. The van der Waals surface area contributed by atoms with E-state index in [0.29, 0.717) is 79.2 Å². The van der Waals surface area contributed by atoms with Gasteiger partial charge in [0.2, 0.25) is 23.6 Å². The van der Waals surface area contributed by atoms with Crippen LogP contribution in [0.4, 0.5) is 11.4 Å². The predicted molar refractivity (Wildman–Crippen MR) is 546 cm³/mol. The molecule has 6 aromatic heterocycles. The van der Waals surface area contributed by atoms with Crippen LogP contribution in [0.15, 0.2) is 267 Å². The molecule has 19 heteroatoms. The van der Waals surface area contributed by atoms with Gasteiger partial charge >= 0.3 is 19.5 Å². The number of anilines is 2. The van der Waals surface area contributed by atoms with Crippen LogP contribution in [0.5, 0.6) is 0 Å². The van der Waals surface area contributed by atoms with Crippen LogP contribution in [0, 0.1) is 54.4 Å². The number of aromatic amines is 2. The summed E-state index contributed by atoms with van der Waals surface area (Å²) in [6.45, 7) is 15.4. The molecule has 0 radical (unpaired) electrons. The predicted octanol–water partition coefficient (Wildman–Crippen LogP) is 24.4. The average Bonchev–Trinajstić information content (AvgIpc) is 1.61. The van der Waals surface area contributed by atoms with Gasteiger partial charge in [0.25, 0.3) is 5.91 Å². The van der Waals surface area contributed by atoms with E-state index in [9.17, 15) is 24.0 Å². The maximum Gasteiger partial charge on any atom is 2.00 e. The van der Waals surface area contributed by atoms with Crippen molar-refractivity contribution in [3.05, 3.63) is 357 Å². The standard InChI is InChI=1S/C117H99N13O5.Zn/c1-68-10-24-75(25-11-68)106-87-46-50-91(120-87)108(77-28-14-70(3)15-29-77)95-54-58-99(124-95)112(100-59-55-96(125-100)109(92-51-47-88(106)121-92)78-30-16-71(4)17-31-78)81-36-38-83(39-37-81)116(134)129-65-62-84(63-66-129)117(135)130-64-8-9-104(130)115(133)128-103(114(132)119-86-42-22-74(7)23-43-86)67-105(131)118-85-44-40-82(41-45-85)113-101-60-56-97(126-101)110(79-32-18-72(5)19-33-79)93-52-48-89(122-93)107(76-26-12-69(2)13-27-76)90-49-53-94(123-90)111(98-57-61-102(113)127-98)80-34-20-73(6)21-35-80;/h10-61,84,103-104H,8-9,62-67H2,1-7H3,(H7,118,119,120,121,122,123,124,125,126,127,128,131,132,133,134);/q;+2/p-2/t103-,104+;/m0./s1. The van der Waals surface area contributed by atoms with E-state index in [2.05, 4.69) is 298 Å². The Hall–Kier alpha value is -15.8. The van der Waals surface area contributed by atoms with Crippen LogP contribution < -0.4 is 25.9 Å². The van der Waals surface area contributed by atoms with Gasteiger partial charge in [0.15, 0.2) is 0 Å². The quantitative estimate of drug-likeness (QED) is 0.0537. The minimum Gasteiger partial charge on any atom is -0.657 e. The van der Waals surface area contributed by atoms with E-state index in [-0.39, 0.29) is 31.3 Å². The Bertz CT molecular complexity index is 7700. The summed E-state index contributed by atoms with van der Waals surface area (Å²) >= 11 is 0. The second-order valence-corrected chi connectivity index (χ2v) is 36.1. The minimum absolute atomic E-state index is 0. The number of aromatic nitrogens is 8. The maximum absolute atomic E-state index is 14.9. The van der Waals surface area contributed by atoms with Crippen molar-refractivity contribution in [3.8, 4) is 89.0 Å². The molecule has 0 spiro atoms. The summed E-state index contributed by atoms with van der Waals surface area (Å²) in [7, 11) is 0. The molecule has 2 fully saturated rings.